The van der Waals surface area contributed by atoms with Crippen LogP contribution in [0.15, 0.2) is 29.1 Å². The summed E-state index contributed by atoms with van der Waals surface area (Å²) in [6.45, 7) is 0. The highest BCUT2D eigenvalue weighted by Crippen LogP contribution is 2.21. The van der Waals surface area contributed by atoms with Crippen molar-refractivity contribution < 1.29 is 5.11 Å². The average Bonchev–Trinajstić information content (AvgIpc) is 2.09. The Labute approximate surface area is 87.6 Å². The zero-order chi connectivity index (χ0) is 9.42. The Balaban J connectivity index is 2.97. The summed E-state index contributed by atoms with van der Waals surface area (Å²) in [5.74, 6) is 0.103. The number of phenols is 1. The van der Waals surface area contributed by atoms with Crippen molar-refractivity contribution in [1.82, 2.24) is 4.98 Å². The lowest BCUT2D eigenvalue weighted by Gasteiger charge is -1.99. The minimum atomic E-state index is -0.172. The highest BCUT2D eigenvalue weighted by Gasteiger charge is 2.02. The molecule has 13 heavy (non-hydrogen) atoms. The Morgan fingerprint density at radius 3 is 2.92 bits per heavy atom. The van der Waals surface area contributed by atoms with Crippen LogP contribution in [0.3, 0.4) is 0 Å². The molecule has 2 aromatic rings. The second-order valence-electron chi connectivity index (χ2n) is 2.69. The van der Waals surface area contributed by atoms with Crippen molar-refractivity contribution >= 4 is 33.5 Å². The summed E-state index contributed by atoms with van der Waals surface area (Å²) in [5.41, 5.74) is 0.322. The minimum Gasteiger partial charge on any atom is -0.506 e. The zero-order valence-corrected chi connectivity index (χ0v) is 8.70. The molecule has 0 aliphatic carbocycles. The quantitative estimate of drug-likeness (QED) is 0.726. The fraction of sp³-hybridized carbons (Fsp3) is 0. The number of aromatic amines is 1. The van der Waals surface area contributed by atoms with Gasteiger partial charge in [0.1, 0.15) is 5.75 Å². The fourth-order valence-corrected chi connectivity index (χ4v) is 1.66. The topological polar surface area (TPSA) is 53.1 Å². The number of pyridine rings is 1. The number of phenolic OH excluding ortho intramolecular Hbond substituents is 1. The first kappa shape index (κ1) is 8.55. The standard InChI is InChI=1S/C9H6INO2/c10-6-4-5-2-1-3-7(12)8(5)11-9(6)13/h1-4,12H,(H,11,13). The van der Waals surface area contributed by atoms with Gasteiger partial charge in [-0.3, -0.25) is 4.79 Å². The predicted octanol–water partition coefficient (Wildman–Crippen LogP) is 1.84. The second kappa shape index (κ2) is 3.02. The van der Waals surface area contributed by atoms with E-state index in [0.717, 1.165) is 5.39 Å². The fourth-order valence-electron chi connectivity index (χ4n) is 1.19. The van der Waals surface area contributed by atoms with E-state index in [-0.39, 0.29) is 11.3 Å². The van der Waals surface area contributed by atoms with Gasteiger partial charge in [-0.05, 0) is 34.7 Å². The third kappa shape index (κ3) is 1.41. The molecular formula is C9H6INO2. The van der Waals surface area contributed by atoms with Crippen LogP contribution in [0, 0.1) is 3.57 Å². The smallest absolute Gasteiger partial charge is 0.261 e. The number of halogens is 1. The van der Waals surface area contributed by atoms with E-state index in [2.05, 4.69) is 4.98 Å². The van der Waals surface area contributed by atoms with Crippen LogP contribution in [-0.2, 0) is 0 Å². The van der Waals surface area contributed by atoms with Crippen molar-refractivity contribution in [1.29, 1.82) is 0 Å². The molecule has 0 aliphatic heterocycles. The normalized spacial score (nSPS) is 10.5. The van der Waals surface area contributed by atoms with Crippen LogP contribution in [0.5, 0.6) is 5.75 Å². The lowest BCUT2D eigenvalue weighted by atomic mass is 10.2. The average molecular weight is 287 g/mol. The van der Waals surface area contributed by atoms with E-state index in [1.807, 2.05) is 28.7 Å². The van der Waals surface area contributed by atoms with Crippen LogP contribution in [0.25, 0.3) is 10.9 Å². The van der Waals surface area contributed by atoms with Gasteiger partial charge in [0.25, 0.3) is 5.56 Å². The molecule has 1 aromatic carbocycles. The molecule has 0 saturated carbocycles. The van der Waals surface area contributed by atoms with Gasteiger partial charge in [-0.15, -0.1) is 0 Å². The van der Waals surface area contributed by atoms with E-state index in [0.29, 0.717) is 9.09 Å². The molecule has 1 aromatic heterocycles. The third-order valence-corrected chi connectivity index (χ3v) is 2.61. The summed E-state index contributed by atoms with van der Waals surface area (Å²) < 4.78 is 0.621. The van der Waals surface area contributed by atoms with Gasteiger partial charge in [-0.2, -0.15) is 0 Å². The first-order valence-electron chi connectivity index (χ1n) is 3.69. The predicted molar refractivity (Wildman–Crippen MR) is 59.0 cm³/mol. The van der Waals surface area contributed by atoms with Crippen molar-refractivity contribution in [2.45, 2.75) is 0 Å². The third-order valence-electron chi connectivity index (χ3n) is 1.81. The van der Waals surface area contributed by atoms with Crippen LogP contribution >= 0.6 is 22.6 Å². The van der Waals surface area contributed by atoms with Crippen LogP contribution in [0.4, 0.5) is 0 Å². The van der Waals surface area contributed by atoms with E-state index in [1.54, 1.807) is 18.2 Å². The van der Waals surface area contributed by atoms with Gasteiger partial charge >= 0.3 is 0 Å². The van der Waals surface area contributed by atoms with Crippen molar-refractivity contribution in [3.8, 4) is 5.75 Å². The molecular weight excluding hydrogens is 281 g/mol. The number of fused-ring (bicyclic) bond motifs is 1. The molecule has 0 bridgehead atoms. The summed E-state index contributed by atoms with van der Waals surface area (Å²) in [6, 6.07) is 6.87. The molecule has 0 amide bonds. The Kier molecular flexibility index (Phi) is 1.99. The Bertz CT molecular complexity index is 518. The largest absolute Gasteiger partial charge is 0.506 e. The monoisotopic (exact) mass is 287 g/mol. The molecule has 0 aliphatic rings. The van der Waals surface area contributed by atoms with E-state index in [9.17, 15) is 9.90 Å². The molecule has 4 heteroatoms. The van der Waals surface area contributed by atoms with Crippen LogP contribution in [-0.4, -0.2) is 10.1 Å². The molecule has 0 atom stereocenters. The summed E-state index contributed by atoms with van der Waals surface area (Å²) >= 11 is 1.96. The van der Waals surface area contributed by atoms with Crippen molar-refractivity contribution in [3.63, 3.8) is 0 Å². The Morgan fingerprint density at radius 2 is 2.15 bits per heavy atom. The molecule has 0 unspecified atom stereocenters. The van der Waals surface area contributed by atoms with Crippen LogP contribution in [0.1, 0.15) is 0 Å². The maximum Gasteiger partial charge on any atom is 0.261 e. The highest BCUT2D eigenvalue weighted by atomic mass is 127. The number of hydrogen-bond donors (Lipinski definition) is 2. The molecule has 0 spiro atoms. The van der Waals surface area contributed by atoms with Crippen molar-refractivity contribution in [3.05, 3.63) is 38.2 Å². The van der Waals surface area contributed by atoms with Gasteiger partial charge in [0.2, 0.25) is 0 Å². The van der Waals surface area contributed by atoms with Gasteiger partial charge in [0.15, 0.2) is 0 Å². The summed E-state index contributed by atoms with van der Waals surface area (Å²) in [6.07, 6.45) is 0. The van der Waals surface area contributed by atoms with Crippen molar-refractivity contribution in [2.75, 3.05) is 0 Å². The van der Waals surface area contributed by atoms with E-state index in [1.165, 1.54) is 0 Å². The summed E-state index contributed by atoms with van der Waals surface area (Å²) in [7, 11) is 0. The van der Waals surface area contributed by atoms with Crippen molar-refractivity contribution in [2.24, 2.45) is 0 Å². The molecule has 66 valence electrons. The molecule has 1 heterocycles. The number of aromatic nitrogens is 1. The van der Waals surface area contributed by atoms with Gasteiger partial charge in [-0.25, -0.2) is 0 Å². The Hall–Kier alpha value is -1.04. The molecule has 0 fully saturated rings. The Morgan fingerprint density at radius 1 is 1.38 bits per heavy atom. The van der Waals surface area contributed by atoms with Gasteiger partial charge in [0.05, 0.1) is 9.09 Å². The molecule has 2 rings (SSSR count). The number of aromatic hydroxyl groups is 1. The molecule has 3 nitrogen and oxygen atoms in total. The van der Waals surface area contributed by atoms with Gasteiger partial charge < -0.3 is 10.1 Å². The number of H-pyrrole nitrogens is 1. The van der Waals surface area contributed by atoms with Crippen LogP contribution in [0.2, 0.25) is 0 Å². The number of nitrogens with one attached hydrogen (secondary N) is 1. The van der Waals surface area contributed by atoms with Gasteiger partial charge in [0, 0.05) is 5.39 Å². The van der Waals surface area contributed by atoms with Gasteiger partial charge in [-0.1, -0.05) is 12.1 Å². The molecule has 0 radical (unpaired) electrons. The summed E-state index contributed by atoms with van der Waals surface area (Å²) in [5, 5.41) is 10.3. The van der Waals surface area contributed by atoms with E-state index in [4.69, 9.17) is 0 Å². The van der Waals surface area contributed by atoms with E-state index >= 15 is 0 Å². The maximum absolute atomic E-state index is 11.2. The lowest BCUT2D eigenvalue weighted by Crippen LogP contribution is -2.08. The number of hydrogen-bond acceptors (Lipinski definition) is 2. The number of rotatable bonds is 0. The highest BCUT2D eigenvalue weighted by molar-refractivity contribution is 14.1. The molecule has 0 saturated heterocycles. The van der Waals surface area contributed by atoms with E-state index < -0.39 is 0 Å². The van der Waals surface area contributed by atoms with Crippen LogP contribution < -0.4 is 5.56 Å². The first-order chi connectivity index (χ1) is 6.18. The molecule has 2 N–H and O–H groups in total. The zero-order valence-electron chi connectivity index (χ0n) is 6.54. The minimum absolute atomic E-state index is 0.103. The second-order valence-corrected chi connectivity index (χ2v) is 3.85. The number of benzene rings is 1. The summed E-state index contributed by atoms with van der Waals surface area (Å²) in [4.78, 5) is 13.8. The SMILES string of the molecule is O=c1[nH]c2c(O)cccc2cc1I. The first-order valence-corrected chi connectivity index (χ1v) is 4.77. The lowest BCUT2D eigenvalue weighted by molar-refractivity contribution is 0.480. The maximum atomic E-state index is 11.2. The number of para-hydroxylation sites is 1.